The van der Waals surface area contributed by atoms with Gasteiger partial charge in [-0.15, -0.1) is 0 Å². The third kappa shape index (κ3) is 8.05. The number of ether oxygens (including phenoxy) is 1. The van der Waals surface area contributed by atoms with E-state index in [4.69, 9.17) is 10.5 Å². The van der Waals surface area contributed by atoms with Crippen LogP contribution >= 0.6 is 0 Å². The topological polar surface area (TPSA) is 113 Å². The number of carbonyl (C=O) groups excluding carboxylic acids is 4. The minimum Gasteiger partial charge on any atom is -0.459 e. The lowest BCUT2D eigenvalue weighted by Gasteiger charge is -2.43. The first-order valence-corrected chi connectivity index (χ1v) is 16.1. The fourth-order valence-corrected chi connectivity index (χ4v) is 6.21. The van der Waals surface area contributed by atoms with Crippen molar-refractivity contribution < 1.29 is 23.9 Å². The highest BCUT2D eigenvalue weighted by Gasteiger charge is 2.43. The first kappa shape index (κ1) is 33.2. The predicted octanol–water partition coefficient (Wildman–Crippen LogP) is 3.94. The van der Waals surface area contributed by atoms with Crippen LogP contribution in [0.15, 0.2) is 60.7 Å². The molecule has 0 aromatic heterocycles. The minimum absolute atomic E-state index is 0.00124. The van der Waals surface area contributed by atoms with Crippen LogP contribution in [0.2, 0.25) is 0 Å². The summed E-state index contributed by atoms with van der Waals surface area (Å²) in [6.45, 7) is 4.97. The predicted molar refractivity (Wildman–Crippen MR) is 169 cm³/mol. The highest BCUT2D eigenvalue weighted by Crippen LogP contribution is 2.27. The third-order valence-corrected chi connectivity index (χ3v) is 9.27. The van der Waals surface area contributed by atoms with Gasteiger partial charge in [0, 0.05) is 26.6 Å². The van der Waals surface area contributed by atoms with Crippen molar-refractivity contribution in [1.82, 2.24) is 14.7 Å². The smallest absolute Gasteiger partial charge is 0.329 e. The first-order valence-electron chi connectivity index (χ1n) is 16.1. The molecule has 0 aliphatic carbocycles. The molecule has 1 unspecified atom stereocenters. The summed E-state index contributed by atoms with van der Waals surface area (Å²) in [5, 5.41) is 0. The van der Waals surface area contributed by atoms with Crippen LogP contribution in [0.1, 0.15) is 69.9 Å². The van der Waals surface area contributed by atoms with Crippen LogP contribution in [0.4, 0.5) is 0 Å². The number of carbonyl (C=O) groups is 4. The van der Waals surface area contributed by atoms with E-state index in [0.717, 1.165) is 43.2 Å². The third-order valence-electron chi connectivity index (χ3n) is 9.27. The van der Waals surface area contributed by atoms with Gasteiger partial charge in [-0.25, -0.2) is 4.79 Å². The van der Waals surface area contributed by atoms with Crippen molar-refractivity contribution in [1.29, 1.82) is 0 Å². The Bertz CT molecular complexity index is 1260. The van der Waals surface area contributed by atoms with Crippen molar-refractivity contribution in [3.63, 3.8) is 0 Å². The Morgan fingerprint density at radius 3 is 2.05 bits per heavy atom. The maximum absolute atomic E-state index is 14.2. The zero-order valence-corrected chi connectivity index (χ0v) is 26.4. The zero-order valence-electron chi connectivity index (χ0n) is 26.4. The zero-order chi connectivity index (χ0) is 31.6. The van der Waals surface area contributed by atoms with E-state index in [1.54, 1.807) is 16.8 Å². The van der Waals surface area contributed by atoms with Gasteiger partial charge in [0.2, 0.25) is 17.7 Å². The molecule has 2 fully saturated rings. The lowest BCUT2D eigenvalue weighted by Crippen LogP contribution is -2.62. The first-order chi connectivity index (χ1) is 21.2. The summed E-state index contributed by atoms with van der Waals surface area (Å²) in [4.78, 5) is 60.0. The van der Waals surface area contributed by atoms with Crippen LogP contribution in [-0.4, -0.2) is 82.7 Å². The van der Waals surface area contributed by atoms with Crippen molar-refractivity contribution in [3.05, 3.63) is 71.8 Å². The summed E-state index contributed by atoms with van der Waals surface area (Å²) < 4.78 is 5.71. The van der Waals surface area contributed by atoms with Gasteiger partial charge < -0.3 is 25.2 Å². The van der Waals surface area contributed by atoms with Gasteiger partial charge in [0.15, 0.2) is 0 Å². The van der Waals surface area contributed by atoms with E-state index in [9.17, 15) is 19.2 Å². The maximum atomic E-state index is 14.2. The molecule has 3 amide bonds. The summed E-state index contributed by atoms with van der Waals surface area (Å²) in [5.41, 5.74) is 8.08. The molecule has 0 spiro atoms. The van der Waals surface area contributed by atoms with Crippen molar-refractivity contribution in [3.8, 4) is 0 Å². The van der Waals surface area contributed by atoms with Gasteiger partial charge in [-0.05, 0) is 55.6 Å². The highest BCUT2D eigenvalue weighted by atomic mass is 16.5. The number of amides is 3. The summed E-state index contributed by atoms with van der Waals surface area (Å²) in [6.07, 6.45) is 5.33. The fraction of sp³-hybridized carbons (Fsp3) is 0.543. The lowest BCUT2D eigenvalue weighted by atomic mass is 9.93. The molecular weight excluding hydrogens is 556 g/mol. The molecule has 9 nitrogen and oxygen atoms in total. The number of benzene rings is 2. The number of likely N-dealkylation sites (tertiary alicyclic amines) is 2. The van der Waals surface area contributed by atoms with Crippen LogP contribution in [0.5, 0.6) is 0 Å². The Hall–Kier alpha value is -3.72. The van der Waals surface area contributed by atoms with Gasteiger partial charge in [0.25, 0.3) is 0 Å². The quantitative estimate of drug-likeness (QED) is 0.389. The molecule has 2 aliphatic heterocycles. The number of esters is 1. The molecule has 0 radical (unpaired) electrons. The minimum atomic E-state index is -0.867. The Morgan fingerprint density at radius 1 is 0.864 bits per heavy atom. The molecule has 2 aromatic rings. The SMILES string of the molecule is CCC(C)[C@H](N)C(=O)N1CCCC[C@@H]1C(=O)N1CCCC[C@H]1C(=O)N(C)[C@H](Cc1ccccc1)C(=O)OCc1ccccc1. The fourth-order valence-electron chi connectivity index (χ4n) is 6.21. The van der Waals surface area contributed by atoms with E-state index >= 15 is 0 Å². The number of nitrogens with two attached hydrogens (primary N) is 1. The normalized spacial score (nSPS) is 20.7. The molecule has 2 N–H and O–H groups in total. The van der Waals surface area contributed by atoms with E-state index < -0.39 is 30.1 Å². The standard InChI is InChI=1S/C35H48N4O5/c1-4-25(2)31(36)34(42)39-22-14-12-20-29(39)33(41)38-21-13-11-19-28(38)32(40)37(3)30(23-26-15-7-5-8-16-26)35(43)44-24-27-17-9-6-10-18-27/h5-10,15-18,25,28-31H,4,11-14,19-24,36H2,1-3H3/t25?,28-,29+,30+,31-/m0/s1. The van der Waals surface area contributed by atoms with Crippen molar-refractivity contribution in [2.24, 2.45) is 11.7 Å². The van der Waals surface area contributed by atoms with Crippen LogP contribution in [-0.2, 0) is 36.9 Å². The number of likely N-dealkylation sites (N-methyl/N-ethyl adjacent to an activating group) is 1. The van der Waals surface area contributed by atoms with Crippen LogP contribution in [0, 0.1) is 5.92 Å². The molecular formula is C35H48N4O5. The number of hydrogen-bond acceptors (Lipinski definition) is 6. The van der Waals surface area contributed by atoms with Crippen molar-refractivity contribution >= 4 is 23.7 Å². The van der Waals surface area contributed by atoms with Crippen LogP contribution in [0.25, 0.3) is 0 Å². The average molecular weight is 605 g/mol. The Balaban J connectivity index is 1.53. The largest absolute Gasteiger partial charge is 0.459 e. The second-order valence-electron chi connectivity index (χ2n) is 12.2. The van der Waals surface area contributed by atoms with Gasteiger partial charge in [0.1, 0.15) is 24.7 Å². The van der Waals surface area contributed by atoms with E-state index in [-0.39, 0.29) is 36.7 Å². The van der Waals surface area contributed by atoms with Gasteiger partial charge in [0.05, 0.1) is 6.04 Å². The van der Waals surface area contributed by atoms with Gasteiger partial charge >= 0.3 is 5.97 Å². The van der Waals surface area contributed by atoms with E-state index in [0.29, 0.717) is 25.9 Å². The molecule has 2 aliphatic rings. The van der Waals surface area contributed by atoms with E-state index in [1.807, 2.05) is 74.5 Å². The molecule has 9 heteroatoms. The number of rotatable bonds is 11. The van der Waals surface area contributed by atoms with Crippen LogP contribution in [0.3, 0.4) is 0 Å². The molecule has 5 atom stereocenters. The number of hydrogen-bond donors (Lipinski definition) is 1. The molecule has 238 valence electrons. The summed E-state index contributed by atoms with van der Waals surface area (Å²) in [7, 11) is 1.62. The molecule has 2 heterocycles. The Morgan fingerprint density at radius 2 is 1.43 bits per heavy atom. The number of nitrogens with zero attached hydrogens (tertiary/aromatic N) is 3. The van der Waals surface area contributed by atoms with Crippen molar-refractivity contribution in [2.75, 3.05) is 20.1 Å². The molecule has 44 heavy (non-hydrogen) atoms. The summed E-state index contributed by atoms with van der Waals surface area (Å²) in [6, 6.07) is 16.1. The lowest BCUT2D eigenvalue weighted by molar-refractivity contribution is -0.160. The highest BCUT2D eigenvalue weighted by molar-refractivity contribution is 5.94. The van der Waals surface area contributed by atoms with Gasteiger partial charge in [-0.1, -0.05) is 80.9 Å². The van der Waals surface area contributed by atoms with Gasteiger partial charge in [-0.3, -0.25) is 14.4 Å². The second kappa shape index (κ2) is 15.8. The summed E-state index contributed by atoms with van der Waals surface area (Å²) >= 11 is 0. The molecule has 0 bridgehead atoms. The Kier molecular flexibility index (Phi) is 11.9. The second-order valence-corrected chi connectivity index (χ2v) is 12.2. The van der Waals surface area contributed by atoms with Crippen LogP contribution < -0.4 is 5.73 Å². The van der Waals surface area contributed by atoms with E-state index in [2.05, 4.69) is 0 Å². The van der Waals surface area contributed by atoms with E-state index in [1.165, 1.54) is 4.90 Å². The molecule has 0 saturated carbocycles. The average Bonchev–Trinajstić information content (AvgIpc) is 3.08. The van der Waals surface area contributed by atoms with Crippen molar-refractivity contribution in [2.45, 2.75) is 96.0 Å². The van der Waals surface area contributed by atoms with Gasteiger partial charge in [-0.2, -0.15) is 0 Å². The Labute approximate surface area is 261 Å². The monoisotopic (exact) mass is 604 g/mol. The molecule has 4 rings (SSSR count). The summed E-state index contributed by atoms with van der Waals surface area (Å²) in [5.74, 6) is -1.18. The molecule has 2 aromatic carbocycles. The number of piperidine rings is 2. The molecule has 2 saturated heterocycles. The maximum Gasteiger partial charge on any atom is 0.329 e.